The van der Waals surface area contributed by atoms with Crippen LogP contribution < -0.4 is 10.5 Å². The van der Waals surface area contributed by atoms with Gasteiger partial charge in [-0.15, -0.1) is 0 Å². The largest absolute Gasteiger partial charge is 0.356 e. The number of hydrogen-bond acceptors (Lipinski definition) is 6. The van der Waals surface area contributed by atoms with E-state index >= 15 is 0 Å². The third kappa shape index (κ3) is 3.20. The molecule has 5 rings (SSSR count). The van der Waals surface area contributed by atoms with Crippen LogP contribution in [0.1, 0.15) is 43.0 Å². The highest BCUT2D eigenvalue weighted by Gasteiger charge is 2.27. The molecule has 1 aliphatic carbocycles. The van der Waals surface area contributed by atoms with Gasteiger partial charge in [0.2, 0.25) is 0 Å². The van der Waals surface area contributed by atoms with Crippen LogP contribution >= 0.6 is 0 Å². The van der Waals surface area contributed by atoms with Crippen molar-refractivity contribution in [1.82, 2.24) is 29.4 Å². The standard InChI is InChI=1S/C19H23N7O/c1-13-10-17(26-19(22-13)20-12-21-26)24-8-6-14(7-9-24)11-25-18(27)5-4-16(23-25)15-2-3-15/h4-5,10,12,14-15H,2-3,6-9,11H2,1H3. The molecule has 8 heteroatoms. The van der Waals surface area contributed by atoms with Gasteiger partial charge < -0.3 is 4.90 Å². The molecule has 3 aromatic rings. The number of aryl methyl sites for hydroxylation is 1. The minimum absolute atomic E-state index is 0.0101. The van der Waals surface area contributed by atoms with E-state index in [-0.39, 0.29) is 5.56 Å². The lowest BCUT2D eigenvalue weighted by Crippen LogP contribution is -2.38. The van der Waals surface area contributed by atoms with Gasteiger partial charge in [0.1, 0.15) is 12.1 Å². The van der Waals surface area contributed by atoms with Gasteiger partial charge in [0, 0.05) is 43.4 Å². The summed E-state index contributed by atoms with van der Waals surface area (Å²) in [5.74, 6) is 2.72. The fourth-order valence-corrected chi connectivity index (χ4v) is 3.92. The van der Waals surface area contributed by atoms with Gasteiger partial charge in [0.05, 0.1) is 5.69 Å². The second-order valence-electron chi connectivity index (χ2n) is 7.71. The molecule has 0 N–H and O–H groups in total. The highest BCUT2D eigenvalue weighted by Crippen LogP contribution is 2.38. The molecule has 0 bridgehead atoms. The highest BCUT2D eigenvalue weighted by atomic mass is 16.1. The Morgan fingerprint density at radius 1 is 1.15 bits per heavy atom. The lowest BCUT2D eigenvalue weighted by Gasteiger charge is -2.33. The van der Waals surface area contributed by atoms with Gasteiger partial charge >= 0.3 is 0 Å². The summed E-state index contributed by atoms with van der Waals surface area (Å²) in [6, 6.07) is 5.64. The van der Waals surface area contributed by atoms with Crippen LogP contribution in [0.4, 0.5) is 5.82 Å². The number of fused-ring (bicyclic) bond motifs is 1. The molecule has 0 spiro atoms. The van der Waals surface area contributed by atoms with Crippen LogP contribution in [0.3, 0.4) is 0 Å². The molecule has 140 valence electrons. The van der Waals surface area contributed by atoms with Crippen molar-refractivity contribution in [2.75, 3.05) is 18.0 Å². The van der Waals surface area contributed by atoms with Gasteiger partial charge in [-0.2, -0.15) is 19.7 Å². The zero-order chi connectivity index (χ0) is 18.4. The Hall–Kier alpha value is -2.77. The molecule has 1 aliphatic heterocycles. The molecule has 0 aromatic carbocycles. The first-order valence-corrected chi connectivity index (χ1v) is 9.68. The summed E-state index contributed by atoms with van der Waals surface area (Å²) in [4.78, 5) is 23.2. The number of piperidine rings is 1. The molecule has 0 amide bonds. The van der Waals surface area contributed by atoms with Gasteiger partial charge in [0.25, 0.3) is 11.3 Å². The molecule has 0 radical (unpaired) electrons. The molecule has 2 aliphatic rings. The van der Waals surface area contributed by atoms with Gasteiger partial charge in [-0.3, -0.25) is 4.79 Å². The Balaban J connectivity index is 1.30. The van der Waals surface area contributed by atoms with E-state index < -0.39 is 0 Å². The Morgan fingerprint density at radius 2 is 1.96 bits per heavy atom. The molecule has 0 atom stereocenters. The third-order valence-corrected chi connectivity index (χ3v) is 5.61. The summed E-state index contributed by atoms with van der Waals surface area (Å²) in [5.41, 5.74) is 2.03. The number of rotatable bonds is 4. The number of hydrogen-bond donors (Lipinski definition) is 0. The Labute approximate surface area is 156 Å². The van der Waals surface area contributed by atoms with Gasteiger partial charge in [0.15, 0.2) is 0 Å². The Kier molecular flexibility index (Phi) is 3.91. The predicted octanol–water partition coefficient (Wildman–Crippen LogP) is 1.78. The SMILES string of the molecule is Cc1cc(N2CCC(Cn3nc(C4CC4)ccc3=O)CC2)n2ncnc2n1. The maximum absolute atomic E-state index is 12.2. The normalized spacial score (nSPS) is 18.3. The lowest BCUT2D eigenvalue weighted by atomic mass is 9.97. The number of aromatic nitrogens is 6. The smallest absolute Gasteiger partial charge is 0.266 e. The average Bonchev–Trinajstić information content (AvgIpc) is 3.41. The van der Waals surface area contributed by atoms with E-state index in [1.165, 1.54) is 12.8 Å². The molecule has 0 unspecified atom stereocenters. The average molecular weight is 365 g/mol. The first-order valence-electron chi connectivity index (χ1n) is 9.68. The van der Waals surface area contributed by atoms with Crippen LogP contribution in [0, 0.1) is 12.8 Å². The zero-order valence-corrected chi connectivity index (χ0v) is 15.5. The fraction of sp³-hybridized carbons (Fsp3) is 0.526. The minimum atomic E-state index is 0.0101. The van der Waals surface area contributed by atoms with Crippen LogP contribution in [0.25, 0.3) is 5.78 Å². The van der Waals surface area contributed by atoms with Gasteiger partial charge in [-0.25, -0.2) is 9.67 Å². The van der Waals surface area contributed by atoms with Gasteiger partial charge in [-0.05, 0) is 44.6 Å². The van der Waals surface area contributed by atoms with E-state index in [1.54, 1.807) is 21.6 Å². The maximum Gasteiger partial charge on any atom is 0.266 e. The van der Waals surface area contributed by atoms with Crippen LogP contribution in [0.15, 0.2) is 29.3 Å². The van der Waals surface area contributed by atoms with E-state index in [2.05, 4.69) is 31.1 Å². The van der Waals surface area contributed by atoms with Crippen LogP contribution in [0.5, 0.6) is 0 Å². The summed E-state index contributed by atoms with van der Waals surface area (Å²) in [6.07, 6.45) is 6.00. The summed E-state index contributed by atoms with van der Waals surface area (Å²) >= 11 is 0. The molecular formula is C19H23N7O. The maximum atomic E-state index is 12.2. The molecule has 27 heavy (non-hydrogen) atoms. The summed E-state index contributed by atoms with van der Waals surface area (Å²) in [5, 5.41) is 8.92. The van der Waals surface area contributed by atoms with E-state index in [1.807, 2.05) is 13.0 Å². The van der Waals surface area contributed by atoms with Crippen molar-refractivity contribution in [2.24, 2.45) is 5.92 Å². The molecule has 8 nitrogen and oxygen atoms in total. The van der Waals surface area contributed by atoms with Crippen LogP contribution in [-0.2, 0) is 6.54 Å². The first-order chi connectivity index (χ1) is 13.2. The first kappa shape index (κ1) is 16.4. The molecule has 1 saturated heterocycles. The molecule has 3 aromatic heterocycles. The number of anilines is 1. The van der Waals surface area contributed by atoms with Crippen molar-refractivity contribution in [3.05, 3.63) is 46.3 Å². The van der Waals surface area contributed by atoms with Crippen molar-refractivity contribution in [3.63, 3.8) is 0 Å². The van der Waals surface area contributed by atoms with E-state index in [9.17, 15) is 4.79 Å². The summed E-state index contributed by atoms with van der Waals surface area (Å²) < 4.78 is 3.48. The summed E-state index contributed by atoms with van der Waals surface area (Å²) in [6.45, 7) is 4.55. The molecule has 1 saturated carbocycles. The van der Waals surface area contributed by atoms with Crippen molar-refractivity contribution >= 4 is 11.6 Å². The lowest BCUT2D eigenvalue weighted by molar-refractivity contribution is 0.332. The number of nitrogens with zero attached hydrogens (tertiary/aromatic N) is 7. The van der Waals surface area contributed by atoms with E-state index in [0.29, 0.717) is 24.2 Å². The molecule has 4 heterocycles. The fourth-order valence-electron chi connectivity index (χ4n) is 3.92. The van der Waals surface area contributed by atoms with Crippen LogP contribution in [-0.4, -0.2) is 42.5 Å². The monoisotopic (exact) mass is 365 g/mol. The summed E-state index contributed by atoms with van der Waals surface area (Å²) in [7, 11) is 0. The second-order valence-corrected chi connectivity index (χ2v) is 7.71. The van der Waals surface area contributed by atoms with E-state index in [0.717, 1.165) is 43.1 Å². The third-order valence-electron chi connectivity index (χ3n) is 5.61. The topological polar surface area (TPSA) is 81.2 Å². The Bertz CT molecular complexity index is 1030. The highest BCUT2D eigenvalue weighted by molar-refractivity contribution is 5.47. The van der Waals surface area contributed by atoms with Crippen molar-refractivity contribution in [1.29, 1.82) is 0 Å². The molecular weight excluding hydrogens is 342 g/mol. The Morgan fingerprint density at radius 3 is 2.74 bits per heavy atom. The van der Waals surface area contributed by atoms with Crippen molar-refractivity contribution in [3.8, 4) is 0 Å². The zero-order valence-electron chi connectivity index (χ0n) is 15.5. The van der Waals surface area contributed by atoms with Gasteiger partial charge in [-0.1, -0.05) is 0 Å². The minimum Gasteiger partial charge on any atom is -0.356 e. The van der Waals surface area contributed by atoms with Crippen LogP contribution in [0.2, 0.25) is 0 Å². The van der Waals surface area contributed by atoms with E-state index in [4.69, 9.17) is 0 Å². The second kappa shape index (κ2) is 6.44. The van der Waals surface area contributed by atoms with Crippen molar-refractivity contribution in [2.45, 2.75) is 45.1 Å². The molecule has 2 fully saturated rings. The quantitative estimate of drug-likeness (QED) is 0.701. The predicted molar refractivity (Wildman–Crippen MR) is 101 cm³/mol. The van der Waals surface area contributed by atoms with Crippen molar-refractivity contribution < 1.29 is 0 Å².